The first-order chi connectivity index (χ1) is 17.6. The Hall–Kier alpha value is -3.30. The van der Waals surface area contributed by atoms with E-state index in [1.165, 1.54) is 42.9 Å². The van der Waals surface area contributed by atoms with Gasteiger partial charge >= 0.3 is 0 Å². The summed E-state index contributed by atoms with van der Waals surface area (Å²) < 4.78 is 57.6. The Morgan fingerprint density at radius 3 is 2.68 bits per heavy atom. The highest BCUT2D eigenvalue weighted by atomic mass is 35.5. The standard InChI is InChI=1S/C27H25ClF3N3O2S/c1-5-10-33-26(19-7-6-8-23(25(19)31)37(4)36)22(30)15-34-17(3)13-20(24(28)27(34)35)16(2)12-18-9-11-32-14-21(18)29/h5-11,13-16H,12H2,1-4H3/b10-5+,22-15-,33-26+. The van der Waals surface area contributed by atoms with Gasteiger partial charge in [0.15, 0.2) is 5.83 Å². The van der Waals surface area contributed by atoms with Crippen molar-refractivity contribution in [1.29, 1.82) is 0 Å². The molecule has 2 heterocycles. The Labute approximate surface area is 220 Å². The summed E-state index contributed by atoms with van der Waals surface area (Å²) in [6.07, 6.45) is 7.88. The van der Waals surface area contributed by atoms with Gasteiger partial charge < -0.3 is 0 Å². The summed E-state index contributed by atoms with van der Waals surface area (Å²) in [6.45, 7) is 5.05. The summed E-state index contributed by atoms with van der Waals surface area (Å²) in [5, 5.41) is -0.141. The third-order valence-electron chi connectivity index (χ3n) is 5.67. The summed E-state index contributed by atoms with van der Waals surface area (Å²) in [4.78, 5) is 20.8. The van der Waals surface area contributed by atoms with Crippen LogP contribution in [0.15, 0.2) is 75.5 Å². The Balaban J connectivity index is 2.07. The lowest BCUT2D eigenvalue weighted by atomic mass is 9.94. The number of nitrogens with zero attached hydrogens (tertiary/aromatic N) is 3. The van der Waals surface area contributed by atoms with Gasteiger partial charge in [0.25, 0.3) is 5.56 Å². The van der Waals surface area contributed by atoms with E-state index in [9.17, 15) is 13.4 Å². The highest BCUT2D eigenvalue weighted by Gasteiger charge is 2.21. The fraction of sp³-hybridized carbons (Fsp3) is 0.222. The number of benzene rings is 1. The minimum absolute atomic E-state index is 0.0983. The van der Waals surface area contributed by atoms with Crippen LogP contribution in [0.25, 0.3) is 6.20 Å². The van der Waals surface area contributed by atoms with Crippen molar-refractivity contribution in [3.8, 4) is 0 Å². The first-order valence-corrected chi connectivity index (χ1v) is 13.2. The number of aromatic nitrogens is 2. The second kappa shape index (κ2) is 12.3. The molecule has 0 radical (unpaired) electrons. The molecule has 0 spiro atoms. The molecule has 2 unspecified atom stereocenters. The Bertz CT molecular complexity index is 1500. The van der Waals surface area contributed by atoms with Crippen molar-refractivity contribution in [3.05, 3.63) is 110 Å². The van der Waals surface area contributed by atoms with Gasteiger partial charge in [-0.15, -0.1) is 0 Å². The Morgan fingerprint density at radius 2 is 2.03 bits per heavy atom. The summed E-state index contributed by atoms with van der Waals surface area (Å²) in [6, 6.07) is 7.29. The molecule has 5 nitrogen and oxygen atoms in total. The number of halogens is 4. The predicted molar refractivity (Wildman–Crippen MR) is 142 cm³/mol. The minimum atomic E-state index is -1.65. The lowest BCUT2D eigenvalue weighted by Gasteiger charge is -2.17. The molecular weight excluding hydrogens is 523 g/mol. The molecule has 194 valence electrons. The molecule has 0 saturated carbocycles. The average molecular weight is 548 g/mol. The van der Waals surface area contributed by atoms with Gasteiger partial charge in [0.05, 0.1) is 28.1 Å². The van der Waals surface area contributed by atoms with Crippen LogP contribution in [0.5, 0.6) is 0 Å². The van der Waals surface area contributed by atoms with Crippen LogP contribution in [-0.2, 0) is 17.2 Å². The molecule has 0 aliphatic heterocycles. The first-order valence-electron chi connectivity index (χ1n) is 11.3. The SMILES string of the molecule is C/C=C/N=C(/C(F)=C/n1c(C)cc(C(C)Cc2ccncc2F)c(Cl)c1=O)c1cccc(S(C)=O)c1F. The summed E-state index contributed by atoms with van der Waals surface area (Å²) >= 11 is 6.39. The molecule has 0 bridgehead atoms. The smallest absolute Gasteiger partial charge is 0.273 e. The maximum Gasteiger partial charge on any atom is 0.273 e. The van der Waals surface area contributed by atoms with Gasteiger partial charge in [-0.2, -0.15) is 0 Å². The quantitative estimate of drug-likeness (QED) is 0.308. The van der Waals surface area contributed by atoms with Crippen molar-refractivity contribution in [2.75, 3.05) is 6.26 Å². The number of hydrogen-bond acceptors (Lipinski definition) is 4. The van der Waals surface area contributed by atoms with E-state index >= 15 is 8.78 Å². The van der Waals surface area contributed by atoms with E-state index in [2.05, 4.69) is 9.98 Å². The van der Waals surface area contributed by atoms with E-state index in [-0.39, 0.29) is 33.5 Å². The van der Waals surface area contributed by atoms with Crippen molar-refractivity contribution < 1.29 is 17.4 Å². The van der Waals surface area contributed by atoms with Gasteiger partial charge in [-0.25, -0.2) is 13.2 Å². The van der Waals surface area contributed by atoms with Crippen LogP contribution in [-0.4, -0.2) is 25.7 Å². The lowest BCUT2D eigenvalue weighted by Crippen LogP contribution is -2.22. The molecule has 3 aromatic rings. The lowest BCUT2D eigenvalue weighted by molar-refractivity contribution is 0.591. The summed E-state index contributed by atoms with van der Waals surface area (Å²) in [5.41, 5.74) is -0.0123. The highest BCUT2D eigenvalue weighted by molar-refractivity contribution is 7.84. The van der Waals surface area contributed by atoms with E-state index in [0.717, 1.165) is 17.0 Å². The zero-order valence-corrected chi connectivity index (χ0v) is 22.2. The highest BCUT2D eigenvalue weighted by Crippen LogP contribution is 2.27. The molecule has 3 rings (SSSR count). The molecule has 0 saturated heterocycles. The summed E-state index contributed by atoms with van der Waals surface area (Å²) in [7, 11) is -1.65. The first kappa shape index (κ1) is 28.3. The Morgan fingerprint density at radius 1 is 1.30 bits per heavy atom. The van der Waals surface area contributed by atoms with Gasteiger partial charge in [-0.05, 0) is 61.6 Å². The van der Waals surface area contributed by atoms with Crippen molar-refractivity contribution in [3.63, 3.8) is 0 Å². The molecule has 0 N–H and O–H groups in total. The fourth-order valence-corrected chi connectivity index (χ4v) is 4.74. The molecule has 2 atom stereocenters. The van der Waals surface area contributed by atoms with Gasteiger partial charge in [-0.3, -0.25) is 23.5 Å². The van der Waals surface area contributed by atoms with Crippen molar-refractivity contribution in [1.82, 2.24) is 9.55 Å². The van der Waals surface area contributed by atoms with Gasteiger partial charge in [0, 0.05) is 29.9 Å². The monoisotopic (exact) mass is 547 g/mol. The van der Waals surface area contributed by atoms with Crippen LogP contribution in [0.1, 0.15) is 42.1 Å². The molecule has 2 aromatic heterocycles. The van der Waals surface area contributed by atoms with Gasteiger partial charge in [0.1, 0.15) is 22.4 Å². The topological polar surface area (TPSA) is 64.3 Å². The van der Waals surface area contributed by atoms with Crippen LogP contribution >= 0.6 is 11.6 Å². The molecule has 0 amide bonds. The molecule has 0 aliphatic carbocycles. The van der Waals surface area contributed by atoms with Crippen molar-refractivity contribution in [2.24, 2.45) is 4.99 Å². The number of allylic oxidation sites excluding steroid dienone is 2. The molecule has 0 fully saturated rings. The van der Waals surface area contributed by atoms with E-state index in [0.29, 0.717) is 16.8 Å². The third kappa shape index (κ3) is 6.34. The average Bonchev–Trinajstić information content (AvgIpc) is 2.86. The second-order valence-corrected chi connectivity index (χ2v) is 10.0. The van der Waals surface area contributed by atoms with Crippen LogP contribution in [0.2, 0.25) is 5.02 Å². The minimum Gasteiger partial charge on any atom is -0.284 e. The van der Waals surface area contributed by atoms with Crippen molar-refractivity contribution >= 4 is 34.3 Å². The number of rotatable bonds is 8. The summed E-state index contributed by atoms with van der Waals surface area (Å²) in [5.74, 6) is -2.66. The predicted octanol–water partition coefficient (Wildman–Crippen LogP) is 6.36. The van der Waals surface area contributed by atoms with E-state index in [1.807, 2.05) is 0 Å². The Kier molecular flexibility index (Phi) is 9.39. The molecule has 10 heteroatoms. The van der Waals surface area contributed by atoms with Crippen LogP contribution < -0.4 is 5.56 Å². The normalized spacial score (nSPS) is 14.3. The second-order valence-electron chi connectivity index (χ2n) is 8.31. The van der Waals surface area contributed by atoms with E-state index < -0.39 is 33.8 Å². The van der Waals surface area contributed by atoms with Crippen LogP contribution in [0.4, 0.5) is 13.2 Å². The number of aliphatic imine (C=N–C) groups is 1. The van der Waals surface area contributed by atoms with E-state index in [1.54, 1.807) is 32.9 Å². The van der Waals surface area contributed by atoms with Gasteiger partial charge in [0.2, 0.25) is 0 Å². The number of aryl methyl sites for hydroxylation is 1. The largest absolute Gasteiger partial charge is 0.284 e. The molecule has 37 heavy (non-hydrogen) atoms. The molecule has 0 aliphatic rings. The maximum atomic E-state index is 15.6. The van der Waals surface area contributed by atoms with Crippen LogP contribution in [0, 0.1) is 18.6 Å². The maximum absolute atomic E-state index is 15.6. The number of hydrogen-bond donors (Lipinski definition) is 0. The van der Waals surface area contributed by atoms with Crippen molar-refractivity contribution in [2.45, 2.75) is 38.0 Å². The zero-order chi connectivity index (χ0) is 27.3. The third-order valence-corrected chi connectivity index (χ3v) is 6.98. The number of pyridine rings is 2. The molecular formula is C27H25ClF3N3O2S. The fourth-order valence-electron chi connectivity index (χ4n) is 3.77. The molecule has 1 aromatic carbocycles. The zero-order valence-electron chi connectivity index (χ0n) is 20.6. The van der Waals surface area contributed by atoms with E-state index in [4.69, 9.17) is 11.6 Å². The van der Waals surface area contributed by atoms with Gasteiger partial charge in [-0.1, -0.05) is 30.7 Å². The van der Waals surface area contributed by atoms with Crippen LogP contribution in [0.3, 0.4) is 0 Å².